The van der Waals surface area contributed by atoms with Crippen LogP contribution >= 0.6 is 23.1 Å². The molecule has 3 nitrogen and oxygen atoms in total. The highest BCUT2D eigenvalue weighted by Crippen LogP contribution is 2.34. The summed E-state index contributed by atoms with van der Waals surface area (Å²) in [4.78, 5) is 8.83. The van der Waals surface area contributed by atoms with Crippen LogP contribution in [0, 0.1) is 0 Å². The molecular formula is C16H29N3S2. The predicted octanol–water partition coefficient (Wildman–Crippen LogP) is 4.10. The Bertz CT molecular complexity index is 439. The van der Waals surface area contributed by atoms with E-state index in [1.165, 1.54) is 33.6 Å². The lowest BCUT2D eigenvalue weighted by molar-refractivity contribution is 0.584. The fourth-order valence-electron chi connectivity index (χ4n) is 2.49. The van der Waals surface area contributed by atoms with Gasteiger partial charge in [-0.1, -0.05) is 27.7 Å². The Morgan fingerprint density at radius 3 is 2.71 bits per heavy atom. The number of hydrogen-bond acceptors (Lipinski definition) is 5. The summed E-state index contributed by atoms with van der Waals surface area (Å²) in [6.07, 6.45) is 2.44. The van der Waals surface area contributed by atoms with Crippen LogP contribution in [-0.4, -0.2) is 35.6 Å². The van der Waals surface area contributed by atoms with Crippen LogP contribution in [0.15, 0.2) is 0 Å². The smallest absolute Gasteiger partial charge is 0.185 e. The molecule has 21 heavy (non-hydrogen) atoms. The first kappa shape index (κ1) is 17.1. The van der Waals surface area contributed by atoms with E-state index in [1.807, 2.05) is 11.3 Å². The zero-order chi connectivity index (χ0) is 15.4. The third-order valence-corrected chi connectivity index (χ3v) is 6.53. The third kappa shape index (κ3) is 4.36. The predicted molar refractivity (Wildman–Crippen MR) is 96.9 cm³/mol. The second-order valence-electron chi connectivity index (χ2n) is 6.28. The highest BCUT2D eigenvalue weighted by Gasteiger charge is 2.24. The summed E-state index contributed by atoms with van der Waals surface area (Å²) < 4.78 is 0. The Balaban J connectivity index is 2.17. The molecule has 0 bridgehead atoms. The van der Waals surface area contributed by atoms with E-state index < -0.39 is 0 Å². The lowest BCUT2D eigenvalue weighted by atomic mass is 10.0. The van der Waals surface area contributed by atoms with Gasteiger partial charge in [-0.05, 0) is 24.5 Å². The number of aromatic nitrogens is 1. The van der Waals surface area contributed by atoms with Gasteiger partial charge < -0.3 is 10.2 Å². The summed E-state index contributed by atoms with van der Waals surface area (Å²) in [5.41, 5.74) is 1.31. The van der Waals surface area contributed by atoms with E-state index in [9.17, 15) is 0 Å². The average Bonchev–Trinajstić information content (AvgIpc) is 3.12. The molecule has 1 aromatic heterocycles. The molecule has 1 aliphatic heterocycles. The molecule has 0 saturated carbocycles. The van der Waals surface area contributed by atoms with E-state index in [-0.39, 0.29) is 0 Å². The maximum Gasteiger partial charge on any atom is 0.185 e. The molecule has 2 rings (SSSR count). The molecule has 1 N–H and O–H groups in total. The monoisotopic (exact) mass is 327 g/mol. The van der Waals surface area contributed by atoms with Crippen molar-refractivity contribution in [2.24, 2.45) is 0 Å². The molecule has 1 saturated heterocycles. The van der Waals surface area contributed by atoms with Crippen molar-refractivity contribution in [1.82, 2.24) is 10.3 Å². The Morgan fingerprint density at radius 1 is 1.38 bits per heavy atom. The van der Waals surface area contributed by atoms with E-state index in [2.05, 4.69) is 56.7 Å². The van der Waals surface area contributed by atoms with E-state index in [4.69, 9.17) is 4.98 Å². The van der Waals surface area contributed by atoms with Gasteiger partial charge in [-0.3, -0.25) is 0 Å². The summed E-state index contributed by atoms with van der Waals surface area (Å²) in [6, 6.07) is 1.18. The van der Waals surface area contributed by atoms with Gasteiger partial charge in [0.2, 0.25) is 0 Å². The minimum Gasteiger partial charge on any atom is -0.347 e. The van der Waals surface area contributed by atoms with Crippen LogP contribution in [0.2, 0.25) is 0 Å². The topological polar surface area (TPSA) is 28.2 Å². The second kappa shape index (κ2) is 7.84. The first-order valence-corrected chi connectivity index (χ1v) is 10.0. The lowest BCUT2D eigenvalue weighted by Crippen LogP contribution is -2.31. The Labute approximate surface area is 137 Å². The first-order valence-electron chi connectivity index (χ1n) is 8.06. The number of rotatable bonds is 7. The minimum absolute atomic E-state index is 0.518. The largest absolute Gasteiger partial charge is 0.347 e. The molecule has 0 radical (unpaired) electrons. The van der Waals surface area contributed by atoms with Gasteiger partial charge >= 0.3 is 0 Å². The lowest BCUT2D eigenvalue weighted by Gasteiger charge is -2.22. The molecule has 0 amide bonds. The van der Waals surface area contributed by atoms with E-state index >= 15 is 0 Å². The van der Waals surface area contributed by atoms with E-state index in [0.717, 1.165) is 13.0 Å². The molecule has 0 spiro atoms. The van der Waals surface area contributed by atoms with Gasteiger partial charge in [0.05, 0.1) is 5.69 Å². The molecular weight excluding hydrogens is 298 g/mol. The Hall–Kier alpha value is -0.260. The summed E-state index contributed by atoms with van der Waals surface area (Å²) in [7, 11) is 2.22. The van der Waals surface area contributed by atoms with Crippen molar-refractivity contribution in [2.45, 2.75) is 65.1 Å². The normalized spacial score (nSPS) is 20.2. The van der Waals surface area contributed by atoms with Crippen LogP contribution in [0.3, 0.4) is 0 Å². The second-order valence-corrected chi connectivity index (χ2v) is 8.49. The van der Waals surface area contributed by atoms with Crippen LogP contribution < -0.4 is 10.2 Å². The Morgan fingerprint density at radius 2 is 2.14 bits per heavy atom. The van der Waals surface area contributed by atoms with Gasteiger partial charge in [0.1, 0.15) is 0 Å². The van der Waals surface area contributed by atoms with Crippen LogP contribution in [-0.2, 0) is 6.54 Å². The van der Waals surface area contributed by atoms with Gasteiger partial charge in [-0.2, -0.15) is 11.8 Å². The van der Waals surface area contributed by atoms with Crippen LogP contribution in [0.25, 0.3) is 0 Å². The summed E-state index contributed by atoms with van der Waals surface area (Å²) in [6.45, 7) is 9.89. The molecule has 1 fully saturated rings. The van der Waals surface area contributed by atoms with Crippen LogP contribution in [0.5, 0.6) is 0 Å². The van der Waals surface area contributed by atoms with Gasteiger partial charge in [0.15, 0.2) is 5.13 Å². The quantitative estimate of drug-likeness (QED) is 0.816. The van der Waals surface area contributed by atoms with Crippen LogP contribution in [0.4, 0.5) is 5.13 Å². The highest BCUT2D eigenvalue weighted by molar-refractivity contribution is 7.99. The number of nitrogens with zero attached hydrogens (tertiary/aromatic N) is 2. The number of thioether (sulfide) groups is 1. The fourth-order valence-corrected chi connectivity index (χ4v) is 4.92. The molecule has 120 valence electrons. The zero-order valence-electron chi connectivity index (χ0n) is 14.0. The molecule has 1 aromatic rings. The fraction of sp³-hybridized carbons (Fsp3) is 0.812. The van der Waals surface area contributed by atoms with Gasteiger partial charge in [0.25, 0.3) is 0 Å². The molecule has 1 aliphatic rings. The van der Waals surface area contributed by atoms with Crippen molar-refractivity contribution in [2.75, 3.05) is 23.5 Å². The minimum atomic E-state index is 0.518. The Kier molecular flexibility index (Phi) is 6.38. The zero-order valence-corrected chi connectivity index (χ0v) is 15.6. The summed E-state index contributed by atoms with van der Waals surface area (Å²) in [5.74, 6) is 3.08. The maximum absolute atomic E-state index is 5.00. The third-order valence-electron chi connectivity index (χ3n) is 4.22. The van der Waals surface area contributed by atoms with Crippen molar-refractivity contribution >= 4 is 28.2 Å². The van der Waals surface area contributed by atoms with Crippen molar-refractivity contribution in [1.29, 1.82) is 0 Å². The number of thiazole rings is 1. The molecule has 2 unspecified atom stereocenters. The van der Waals surface area contributed by atoms with Crippen molar-refractivity contribution in [3.63, 3.8) is 0 Å². The van der Waals surface area contributed by atoms with Crippen LogP contribution in [0.1, 0.15) is 57.0 Å². The van der Waals surface area contributed by atoms with Gasteiger partial charge in [0, 0.05) is 36.3 Å². The van der Waals surface area contributed by atoms with Gasteiger partial charge in [-0.25, -0.2) is 4.98 Å². The van der Waals surface area contributed by atoms with Crippen molar-refractivity contribution in [3.05, 3.63) is 10.6 Å². The van der Waals surface area contributed by atoms with Crippen molar-refractivity contribution < 1.29 is 0 Å². The molecule has 0 aliphatic carbocycles. The summed E-state index contributed by atoms with van der Waals surface area (Å²) in [5, 5.41) is 4.76. The van der Waals surface area contributed by atoms with Gasteiger partial charge in [-0.15, -0.1) is 11.3 Å². The van der Waals surface area contributed by atoms with Crippen molar-refractivity contribution in [3.8, 4) is 0 Å². The number of nitrogens with one attached hydrogen (secondary N) is 1. The molecule has 5 heteroatoms. The summed E-state index contributed by atoms with van der Waals surface area (Å²) >= 11 is 3.95. The highest BCUT2D eigenvalue weighted by atomic mass is 32.2. The van der Waals surface area contributed by atoms with E-state index in [1.54, 1.807) is 0 Å². The standard InChI is InChI=1S/C16H29N3S2/c1-6-12(4)15-14(9-17-11(2)3)21-16(18-15)19(5)13-7-8-20-10-13/h11-13,17H,6-10H2,1-5H3. The molecule has 2 heterocycles. The first-order chi connectivity index (χ1) is 10.0. The number of anilines is 1. The maximum atomic E-state index is 5.00. The molecule has 2 atom stereocenters. The average molecular weight is 328 g/mol. The number of hydrogen-bond donors (Lipinski definition) is 1. The molecule has 0 aromatic carbocycles. The SMILES string of the molecule is CCC(C)c1nc(N(C)C2CCSC2)sc1CNC(C)C. The van der Waals surface area contributed by atoms with E-state index in [0.29, 0.717) is 18.0 Å².